The summed E-state index contributed by atoms with van der Waals surface area (Å²) in [4.78, 5) is 15.5. The van der Waals surface area contributed by atoms with Gasteiger partial charge in [0.1, 0.15) is 11.6 Å². The molecule has 1 atom stereocenters. The number of fused-ring (bicyclic) bond motifs is 1. The topological polar surface area (TPSA) is 45.5 Å². The Labute approximate surface area is 149 Å². The van der Waals surface area contributed by atoms with Crippen molar-refractivity contribution in [2.45, 2.75) is 18.9 Å². The fourth-order valence-corrected chi connectivity index (χ4v) is 4.34. The smallest absolute Gasteiger partial charge is 0.261 e. The van der Waals surface area contributed by atoms with Crippen molar-refractivity contribution in [1.82, 2.24) is 10.2 Å². The molecule has 1 aliphatic rings. The number of likely N-dealkylation sites (tertiary alicyclic amines) is 1. The van der Waals surface area contributed by atoms with Crippen LogP contribution in [0.5, 0.6) is 0 Å². The van der Waals surface area contributed by atoms with E-state index in [0.29, 0.717) is 11.4 Å². The zero-order valence-corrected chi connectivity index (χ0v) is 14.5. The van der Waals surface area contributed by atoms with Gasteiger partial charge in [0.15, 0.2) is 0 Å². The molecule has 1 amide bonds. The molecule has 1 aromatic carbocycles. The second-order valence-corrected chi connectivity index (χ2v) is 7.36. The Morgan fingerprint density at radius 2 is 2.12 bits per heavy atom. The maximum atomic E-state index is 13.3. The van der Waals surface area contributed by atoms with Crippen molar-refractivity contribution in [3.05, 3.63) is 59.1 Å². The van der Waals surface area contributed by atoms with Gasteiger partial charge in [-0.05, 0) is 61.6 Å². The Bertz CT molecular complexity index is 869. The number of hydrogen-bond acceptors (Lipinski definition) is 4. The molecule has 0 aliphatic carbocycles. The molecule has 0 saturated carbocycles. The van der Waals surface area contributed by atoms with E-state index in [1.165, 1.54) is 36.3 Å². The van der Waals surface area contributed by atoms with Crippen molar-refractivity contribution in [3.63, 3.8) is 0 Å². The summed E-state index contributed by atoms with van der Waals surface area (Å²) in [5.74, 6) is 0.464. The van der Waals surface area contributed by atoms with E-state index >= 15 is 0 Å². The zero-order chi connectivity index (χ0) is 17.2. The molecule has 1 N–H and O–H groups in total. The van der Waals surface area contributed by atoms with Gasteiger partial charge in [0.05, 0.1) is 17.2 Å². The van der Waals surface area contributed by atoms with Crippen LogP contribution in [0.25, 0.3) is 10.1 Å². The summed E-state index contributed by atoms with van der Waals surface area (Å²) < 4.78 is 19.7. The van der Waals surface area contributed by atoms with Crippen molar-refractivity contribution < 1.29 is 13.6 Å². The number of hydrogen-bond donors (Lipinski definition) is 1. The van der Waals surface area contributed by atoms with E-state index in [4.69, 9.17) is 4.42 Å². The number of benzene rings is 1. The van der Waals surface area contributed by atoms with Crippen LogP contribution in [0, 0.1) is 5.82 Å². The van der Waals surface area contributed by atoms with Crippen molar-refractivity contribution in [3.8, 4) is 0 Å². The van der Waals surface area contributed by atoms with Crippen molar-refractivity contribution >= 4 is 27.3 Å². The molecule has 1 saturated heterocycles. The average molecular weight is 358 g/mol. The third-order valence-electron chi connectivity index (χ3n) is 4.61. The minimum absolute atomic E-state index is 0.0493. The summed E-state index contributed by atoms with van der Waals surface area (Å²) in [7, 11) is 0. The van der Waals surface area contributed by atoms with Crippen molar-refractivity contribution in [1.29, 1.82) is 0 Å². The molecule has 6 heteroatoms. The van der Waals surface area contributed by atoms with Crippen molar-refractivity contribution in [2.24, 2.45) is 0 Å². The van der Waals surface area contributed by atoms with E-state index in [-0.39, 0.29) is 17.8 Å². The Balaban J connectivity index is 1.48. The lowest BCUT2D eigenvalue weighted by molar-refractivity contribution is 0.0938. The molecule has 4 nitrogen and oxygen atoms in total. The van der Waals surface area contributed by atoms with Gasteiger partial charge in [0.2, 0.25) is 0 Å². The maximum Gasteiger partial charge on any atom is 0.261 e. The molecule has 0 spiro atoms. The number of amides is 1. The highest BCUT2D eigenvalue weighted by atomic mass is 32.1. The molecule has 0 unspecified atom stereocenters. The van der Waals surface area contributed by atoms with Crippen LogP contribution in [0.2, 0.25) is 0 Å². The summed E-state index contributed by atoms with van der Waals surface area (Å²) in [6.07, 6.45) is 4.01. The number of carbonyl (C=O) groups is 1. The first-order valence-corrected chi connectivity index (χ1v) is 9.27. The molecule has 3 heterocycles. The van der Waals surface area contributed by atoms with Gasteiger partial charge in [-0.2, -0.15) is 0 Å². The predicted molar refractivity (Wildman–Crippen MR) is 96.4 cm³/mol. The molecule has 0 radical (unpaired) electrons. The quantitative estimate of drug-likeness (QED) is 0.743. The highest BCUT2D eigenvalue weighted by Crippen LogP contribution is 2.27. The Kier molecular flexibility index (Phi) is 4.55. The number of nitrogens with zero attached hydrogens (tertiary/aromatic N) is 1. The first-order chi connectivity index (χ1) is 12.2. The second-order valence-electron chi connectivity index (χ2n) is 6.28. The summed E-state index contributed by atoms with van der Waals surface area (Å²) in [5.41, 5.74) is 0. The van der Waals surface area contributed by atoms with Crippen LogP contribution in [0.1, 0.15) is 34.3 Å². The molecule has 25 heavy (non-hydrogen) atoms. The fourth-order valence-electron chi connectivity index (χ4n) is 3.34. The van der Waals surface area contributed by atoms with Gasteiger partial charge in [0, 0.05) is 11.2 Å². The highest BCUT2D eigenvalue weighted by Gasteiger charge is 2.26. The number of halogens is 1. The van der Waals surface area contributed by atoms with E-state index in [9.17, 15) is 9.18 Å². The van der Waals surface area contributed by atoms with E-state index in [1.807, 2.05) is 18.2 Å². The number of nitrogens with one attached hydrogen (secondary N) is 1. The molecule has 2 aromatic heterocycles. The molecule has 1 fully saturated rings. The Hall–Kier alpha value is -2.18. The van der Waals surface area contributed by atoms with Gasteiger partial charge in [-0.15, -0.1) is 11.3 Å². The van der Waals surface area contributed by atoms with Crippen LogP contribution in [0.4, 0.5) is 4.39 Å². The normalized spacial score (nSPS) is 16.4. The molecular weight excluding hydrogens is 339 g/mol. The number of rotatable bonds is 5. The van der Waals surface area contributed by atoms with Gasteiger partial charge >= 0.3 is 0 Å². The van der Waals surface area contributed by atoms with Crippen LogP contribution in [0.3, 0.4) is 0 Å². The minimum atomic E-state index is -0.284. The lowest BCUT2D eigenvalue weighted by Crippen LogP contribution is -2.36. The standard InChI is InChI=1S/C19H19FN2O2S/c20-14-6-5-13-10-18(25-17(13)11-14)19(23)21-12-15(16-4-3-9-24-16)22-7-1-2-8-22/h3-6,9-11,15H,1-2,7-8,12H2,(H,21,23)/t15-/m0/s1. The third-order valence-corrected chi connectivity index (χ3v) is 5.71. The molecular formula is C19H19FN2O2S. The summed E-state index contributed by atoms with van der Waals surface area (Å²) in [5, 5.41) is 3.90. The van der Waals surface area contributed by atoms with Crippen LogP contribution in [0.15, 0.2) is 47.1 Å². The summed E-state index contributed by atoms with van der Waals surface area (Å²) >= 11 is 1.31. The molecule has 4 rings (SSSR count). The van der Waals surface area contributed by atoms with Crippen LogP contribution >= 0.6 is 11.3 Å². The molecule has 1 aliphatic heterocycles. The van der Waals surface area contributed by atoms with Crippen LogP contribution < -0.4 is 5.32 Å². The van der Waals surface area contributed by atoms with Gasteiger partial charge in [-0.25, -0.2) is 4.39 Å². The van der Waals surface area contributed by atoms with Crippen LogP contribution in [-0.2, 0) is 0 Å². The van der Waals surface area contributed by atoms with Gasteiger partial charge in [-0.3, -0.25) is 9.69 Å². The Morgan fingerprint density at radius 3 is 2.88 bits per heavy atom. The summed E-state index contributed by atoms with van der Waals surface area (Å²) in [6.45, 7) is 2.53. The molecule has 130 valence electrons. The summed E-state index contributed by atoms with van der Waals surface area (Å²) in [6, 6.07) is 10.3. The monoisotopic (exact) mass is 358 g/mol. The second kappa shape index (κ2) is 6.98. The number of furan rings is 1. The van der Waals surface area contributed by atoms with E-state index < -0.39 is 0 Å². The first-order valence-electron chi connectivity index (χ1n) is 8.45. The lowest BCUT2D eigenvalue weighted by Gasteiger charge is -2.25. The first kappa shape index (κ1) is 16.3. The SMILES string of the molecule is O=C(NC[C@@H](c1ccco1)N1CCCC1)c1cc2ccc(F)cc2s1. The highest BCUT2D eigenvalue weighted by molar-refractivity contribution is 7.20. The maximum absolute atomic E-state index is 13.3. The van der Waals surface area contributed by atoms with E-state index in [0.717, 1.165) is 28.9 Å². The van der Waals surface area contributed by atoms with E-state index in [1.54, 1.807) is 12.3 Å². The van der Waals surface area contributed by atoms with Gasteiger partial charge in [0.25, 0.3) is 5.91 Å². The van der Waals surface area contributed by atoms with Crippen LogP contribution in [-0.4, -0.2) is 30.4 Å². The van der Waals surface area contributed by atoms with Gasteiger partial charge < -0.3 is 9.73 Å². The number of thiophene rings is 1. The third kappa shape index (κ3) is 3.45. The zero-order valence-electron chi connectivity index (χ0n) is 13.7. The molecule has 0 bridgehead atoms. The predicted octanol–water partition coefficient (Wildman–Crippen LogP) is 4.20. The largest absolute Gasteiger partial charge is 0.468 e. The Morgan fingerprint density at radius 1 is 1.28 bits per heavy atom. The number of carbonyl (C=O) groups excluding carboxylic acids is 1. The van der Waals surface area contributed by atoms with Gasteiger partial charge in [-0.1, -0.05) is 6.07 Å². The molecule has 3 aromatic rings. The van der Waals surface area contributed by atoms with Crippen molar-refractivity contribution in [2.75, 3.05) is 19.6 Å². The fraction of sp³-hybridized carbons (Fsp3) is 0.316. The minimum Gasteiger partial charge on any atom is -0.468 e. The average Bonchev–Trinajstić information content (AvgIpc) is 3.36. The van der Waals surface area contributed by atoms with E-state index in [2.05, 4.69) is 10.2 Å². The lowest BCUT2D eigenvalue weighted by atomic mass is 10.2.